The second kappa shape index (κ2) is 9.19. The first-order valence-electron chi connectivity index (χ1n) is 10.5. The molecule has 1 aliphatic carbocycles. The van der Waals surface area contributed by atoms with E-state index in [0.29, 0.717) is 11.4 Å². The summed E-state index contributed by atoms with van der Waals surface area (Å²) < 4.78 is 14.7. The molecule has 8 nitrogen and oxygen atoms in total. The predicted molar refractivity (Wildman–Crippen MR) is 124 cm³/mol. The molecule has 2 aromatic heterocycles. The number of benzene rings is 1. The highest BCUT2D eigenvalue weighted by Gasteiger charge is 2.24. The van der Waals surface area contributed by atoms with Crippen molar-refractivity contribution in [2.75, 3.05) is 16.4 Å². The molecule has 2 atom stereocenters. The van der Waals surface area contributed by atoms with Crippen LogP contribution in [-0.2, 0) is 0 Å². The summed E-state index contributed by atoms with van der Waals surface area (Å²) >= 11 is 0. The van der Waals surface area contributed by atoms with Crippen LogP contribution >= 0.6 is 0 Å². The molecule has 0 bridgehead atoms. The van der Waals surface area contributed by atoms with Crippen LogP contribution < -0.4 is 27.8 Å². The van der Waals surface area contributed by atoms with Crippen LogP contribution in [0.15, 0.2) is 48.8 Å². The van der Waals surface area contributed by atoms with Crippen LogP contribution in [0, 0.1) is 5.82 Å². The zero-order valence-corrected chi connectivity index (χ0v) is 17.5. The molecule has 1 aliphatic rings. The fourth-order valence-electron chi connectivity index (χ4n) is 3.91. The number of nitrogens with zero attached hydrogens (tertiary/aromatic N) is 2. The van der Waals surface area contributed by atoms with E-state index in [9.17, 15) is 9.18 Å². The standard InChI is InChI=1S/C23H26FN7O/c24-18-10-17(21(27)32)22(31-23(18)30-20-7-2-1-6-19(20)26)29-16-9-14(11-28-12-16)13-4-3-5-15(25)8-13/h3-5,8-12,19-20H,1-2,6-7,25-26H2,(H2,27,32)(H2,29,30,31)/t19-,20+/m0/s1. The van der Waals surface area contributed by atoms with Gasteiger partial charge in [0.2, 0.25) is 0 Å². The molecule has 0 spiro atoms. The number of aromatic nitrogens is 2. The molecule has 32 heavy (non-hydrogen) atoms. The Balaban J connectivity index is 1.65. The van der Waals surface area contributed by atoms with Crippen LogP contribution in [0.5, 0.6) is 0 Å². The van der Waals surface area contributed by atoms with Crippen LogP contribution in [0.1, 0.15) is 36.0 Å². The Bertz CT molecular complexity index is 1140. The molecule has 4 rings (SSSR count). The van der Waals surface area contributed by atoms with E-state index in [2.05, 4.69) is 20.6 Å². The molecule has 1 aromatic carbocycles. The van der Waals surface area contributed by atoms with Gasteiger partial charge in [-0.25, -0.2) is 9.37 Å². The maximum absolute atomic E-state index is 14.7. The molecule has 0 saturated heterocycles. The molecule has 3 aromatic rings. The van der Waals surface area contributed by atoms with Crippen LogP contribution in [0.4, 0.5) is 27.4 Å². The molecule has 1 saturated carbocycles. The first-order valence-corrected chi connectivity index (χ1v) is 10.5. The van der Waals surface area contributed by atoms with Crippen molar-refractivity contribution in [1.29, 1.82) is 0 Å². The van der Waals surface area contributed by atoms with Gasteiger partial charge in [0.1, 0.15) is 5.82 Å². The summed E-state index contributed by atoms with van der Waals surface area (Å²) in [6.45, 7) is 0. The van der Waals surface area contributed by atoms with Crippen molar-refractivity contribution in [2.45, 2.75) is 37.8 Å². The largest absolute Gasteiger partial charge is 0.399 e. The minimum absolute atomic E-state index is 0.0276. The van der Waals surface area contributed by atoms with E-state index in [4.69, 9.17) is 17.2 Å². The maximum Gasteiger partial charge on any atom is 0.252 e. The minimum Gasteiger partial charge on any atom is -0.399 e. The lowest BCUT2D eigenvalue weighted by Gasteiger charge is -2.30. The van der Waals surface area contributed by atoms with Gasteiger partial charge in [-0.05, 0) is 42.7 Å². The molecule has 0 aliphatic heterocycles. The SMILES string of the molecule is NC(=O)c1cc(F)c(N[C@@H]2CCCC[C@@H]2N)nc1Nc1cncc(-c2cccc(N)c2)c1. The maximum atomic E-state index is 14.7. The van der Waals surface area contributed by atoms with Gasteiger partial charge >= 0.3 is 0 Å². The van der Waals surface area contributed by atoms with E-state index in [1.165, 1.54) is 0 Å². The number of hydrogen-bond acceptors (Lipinski definition) is 7. The number of carbonyl (C=O) groups excluding carboxylic acids is 1. The highest BCUT2D eigenvalue weighted by Crippen LogP contribution is 2.28. The summed E-state index contributed by atoms with van der Waals surface area (Å²) in [6, 6.07) is 10.1. The smallest absolute Gasteiger partial charge is 0.252 e. The van der Waals surface area contributed by atoms with Crippen molar-refractivity contribution in [1.82, 2.24) is 9.97 Å². The van der Waals surface area contributed by atoms with Gasteiger partial charge in [-0.15, -0.1) is 0 Å². The second-order valence-corrected chi connectivity index (χ2v) is 7.99. The monoisotopic (exact) mass is 435 g/mol. The number of pyridine rings is 2. The van der Waals surface area contributed by atoms with Crippen LogP contribution in [0.25, 0.3) is 11.1 Å². The number of carbonyl (C=O) groups is 1. The summed E-state index contributed by atoms with van der Waals surface area (Å²) in [5, 5.41) is 6.15. The molecule has 1 amide bonds. The van der Waals surface area contributed by atoms with E-state index in [0.717, 1.165) is 42.9 Å². The van der Waals surface area contributed by atoms with E-state index in [1.54, 1.807) is 18.5 Å². The lowest BCUT2D eigenvalue weighted by molar-refractivity contribution is 0.100. The number of halogens is 1. The number of nitrogens with one attached hydrogen (secondary N) is 2. The summed E-state index contributed by atoms with van der Waals surface area (Å²) in [7, 11) is 0. The van der Waals surface area contributed by atoms with Gasteiger partial charge in [0.05, 0.1) is 17.4 Å². The third kappa shape index (κ3) is 4.78. The van der Waals surface area contributed by atoms with Crippen LogP contribution in [0.2, 0.25) is 0 Å². The van der Waals surface area contributed by atoms with Gasteiger partial charge < -0.3 is 27.8 Å². The number of anilines is 4. The Morgan fingerprint density at radius 1 is 1.06 bits per heavy atom. The molecular formula is C23H26FN7O. The fraction of sp³-hybridized carbons (Fsp3) is 0.261. The first kappa shape index (κ1) is 21.5. The van der Waals surface area contributed by atoms with Crippen molar-refractivity contribution in [3.63, 3.8) is 0 Å². The van der Waals surface area contributed by atoms with Gasteiger partial charge in [0.15, 0.2) is 11.6 Å². The molecule has 0 radical (unpaired) electrons. The lowest BCUT2D eigenvalue weighted by atomic mass is 9.91. The topological polar surface area (TPSA) is 145 Å². The average molecular weight is 436 g/mol. The number of nitrogen functional groups attached to an aromatic ring is 1. The number of rotatable bonds is 6. The van der Waals surface area contributed by atoms with Gasteiger partial charge in [-0.2, -0.15) is 0 Å². The molecular weight excluding hydrogens is 409 g/mol. The number of primary amides is 1. The highest BCUT2D eigenvalue weighted by atomic mass is 19.1. The second-order valence-electron chi connectivity index (χ2n) is 7.99. The Morgan fingerprint density at radius 2 is 1.88 bits per heavy atom. The Morgan fingerprint density at radius 3 is 2.62 bits per heavy atom. The molecule has 8 N–H and O–H groups in total. The zero-order chi connectivity index (χ0) is 22.7. The number of nitrogens with two attached hydrogens (primary N) is 3. The van der Waals surface area contributed by atoms with Crippen molar-refractivity contribution in [3.8, 4) is 11.1 Å². The third-order valence-corrected chi connectivity index (χ3v) is 5.60. The predicted octanol–water partition coefficient (Wildman–Crippen LogP) is 3.39. The fourth-order valence-corrected chi connectivity index (χ4v) is 3.91. The van der Waals surface area contributed by atoms with Crippen molar-refractivity contribution < 1.29 is 9.18 Å². The summed E-state index contributed by atoms with van der Waals surface area (Å²) in [5.74, 6) is -1.29. The van der Waals surface area contributed by atoms with Crippen LogP contribution in [0.3, 0.4) is 0 Å². The van der Waals surface area contributed by atoms with E-state index in [-0.39, 0.29) is 29.3 Å². The first-order chi connectivity index (χ1) is 15.4. The normalized spacial score (nSPS) is 18.2. The van der Waals surface area contributed by atoms with Crippen molar-refractivity contribution in [2.24, 2.45) is 11.5 Å². The summed E-state index contributed by atoms with van der Waals surface area (Å²) in [4.78, 5) is 20.5. The Labute approximate surface area is 185 Å². The number of hydrogen-bond donors (Lipinski definition) is 5. The molecule has 166 valence electrons. The lowest BCUT2D eigenvalue weighted by Crippen LogP contribution is -2.43. The minimum atomic E-state index is -0.792. The van der Waals surface area contributed by atoms with Gasteiger partial charge in [-0.1, -0.05) is 25.0 Å². The molecule has 9 heteroatoms. The van der Waals surface area contributed by atoms with Crippen molar-refractivity contribution in [3.05, 3.63) is 60.2 Å². The third-order valence-electron chi connectivity index (χ3n) is 5.60. The quantitative estimate of drug-likeness (QED) is 0.373. The van der Waals surface area contributed by atoms with Gasteiger partial charge in [-0.3, -0.25) is 9.78 Å². The zero-order valence-electron chi connectivity index (χ0n) is 17.5. The highest BCUT2D eigenvalue weighted by molar-refractivity contribution is 5.98. The van der Waals surface area contributed by atoms with E-state index in [1.807, 2.05) is 24.3 Å². The molecule has 1 fully saturated rings. The summed E-state index contributed by atoms with van der Waals surface area (Å²) in [5.41, 5.74) is 20.4. The van der Waals surface area contributed by atoms with Gasteiger partial charge in [0.25, 0.3) is 5.91 Å². The summed E-state index contributed by atoms with van der Waals surface area (Å²) in [6.07, 6.45) is 7.04. The van der Waals surface area contributed by atoms with Gasteiger partial charge in [0, 0.05) is 29.5 Å². The average Bonchev–Trinajstić information content (AvgIpc) is 2.77. The molecule has 0 unspecified atom stereocenters. The van der Waals surface area contributed by atoms with Crippen LogP contribution in [-0.4, -0.2) is 28.0 Å². The van der Waals surface area contributed by atoms with E-state index < -0.39 is 11.7 Å². The Hall–Kier alpha value is -3.72. The molecule has 2 heterocycles. The van der Waals surface area contributed by atoms with Crippen molar-refractivity contribution >= 4 is 28.9 Å². The number of amides is 1. The Kier molecular flexibility index (Phi) is 6.18. The van der Waals surface area contributed by atoms with E-state index >= 15 is 0 Å².